The molecule has 30 heavy (non-hydrogen) atoms. The molecule has 1 aromatic carbocycles. The lowest BCUT2D eigenvalue weighted by Gasteiger charge is -2.32. The number of hydrogen-bond donors (Lipinski definition) is 2. The lowest BCUT2D eigenvalue weighted by atomic mass is 9.85. The van der Waals surface area contributed by atoms with Crippen molar-refractivity contribution in [1.29, 1.82) is 0 Å². The molecule has 160 valence electrons. The van der Waals surface area contributed by atoms with E-state index in [1.807, 2.05) is 30.3 Å². The SMILES string of the molecule is O=C(Nc1nc(-c2ccccc2)ns1)[C@@H]1C[C@@H](O)CN1C(=O)C1CCC(F)(F)CC1. The third kappa shape index (κ3) is 4.49. The van der Waals surface area contributed by atoms with Crippen molar-refractivity contribution in [2.75, 3.05) is 11.9 Å². The number of nitrogens with one attached hydrogen (secondary N) is 1. The first-order chi connectivity index (χ1) is 14.3. The van der Waals surface area contributed by atoms with Crippen LogP contribution in [0.15, 0.2) is 30.3 Å². The number of likely N-dealkylation sites (tertiary alicyclic amines) is 1. The van der Waals surface area contributed by atoms with Gasteiger partial charge >= 0.3 is 0 Å². The van der Waals surface area contributed by atoms with Gasteiger partial charge in [-0.15, -0.1) is 0 Å². The average molecular weight is 436 g/mol. The summed E-state index contributed by atoms with van der Waals surface area (Å²) < 4.78 is 31.1. The fourth-order valence-corrected chi connectivity index (χ4v) is 4.59. The summed E-state index contributed by atoms with van der Waals surface area (Å²) >= 11 is 1.03. The number of halogens is 2. The van der Waals surface area contributed by atoms with Crippen LogP contribution in [0.4, 0.5) is 13.9 Å². The molecule has 0 spiro atoms. The minimum absolute atomic E-state index is 0.0230. The van der Waals surface area contributed by atoms with Gasteiger partial charge in [0.2, 0.25) is 22.9 Å². The van der Waals surface area contributed by atoms with Crippen LogP contribution in [0.2, 0.25) is 0 Å². The molecule has 2 heterocycles. The Balaban J connectivity index is 1.42. The smallest absolute Gasteiger partial charge is 0.249 e. The molecular formula is C20H22F2N4O3S. The predicted octanol–water partition coefficient (Wildman–Crippen LogP) is 2.93. The Hall–Kier alpha value is -2.46. The Morgan fingerprint density at radius 1 is 1.20 bits per heavy atom. The van der Waals surface area contributed by atoms with Crippen LogP contribution in [0.3, 0.4) is 0 Å². The van der Waals surface area contributed by atoms with E-state index in [4.69, 9.17) is 0 Å². The van der Waals surface area contributed by atoms with Gasteiger partial charge in [0.05, 0.1) is 6.10 Å². The summed E-state index contributed by atoms with van der Waals surface area (Å²) in [6.45, 7) is 0.0230. The Kier molecular flexibility index (Phi) is 5.79. The number of alkyl halides is 2. The van der Waals surface area contributed by atoms with Crippen LogP contribution in [0.25, 0.3) is 11.4 Å². The first-order valence-electron chi connectivity index (χ1n) is 9.89. The fraction of sp³-hybridized carbons (Fsp3) is 0.500. The summed E-state index contributed by atoms with van der Waals surface area (Å²) in [5.41, 5.74) is 0.816. The van der Waals surface area contributed by atoms with Crippen molar-refractivity contribution in [3.63, 3.8) is 0 Å². The van der Waals surface area contributed by atoms with E-state index >= 15 is 0 Å². The van der Waals surface area contributed by atoms with Crippen LogP contribution in [-0.4, -0.2) is 55.8 Å². The van der Waals surface area contributed by atoms with Gasteiger partial charge in [-0.25, -0.2) is 8.78 Å². The molecule has 1 aliphatic heterocycles. The summed E-state index contributed by atoms with van der Waals surface area (Å²) in [4.78, 5) is 31.3. The van der Waals surface area contributed by atoms with Crippen molar-refractivity contribution >= 4 is 28.5 Å². The fourth-order valence-electron chi connectivity index (χ4n) is 3.99. The minimum atomic E-state index is -2.73. The zero-order valence-electron chi connectivity index (χ0n) is 16.1. The highest BCUT2D eigenvalue weighted by molar-refractivity contribution is 7.10. The van der Waals surface area contributed by atoms with Crippen LogP contribution in [-0.2, 0) is 9.59 Å². The number of hydrogen-bond acceptors (Lipinski definition) is 6. The number of benzene rings is 1. The Labute approximate surface area is 176 Å². The van der Waals surface area contributed by atoms with E-state index in [0.29, 0.717) is 11.0 Å². The number of aliphatic hydroxyl groups is 1. The molecule has 2 fully saturated rings. The van der Waals surface area contributed by atoms with E-state index < -0.39 is 29.9 Å². The lowest BCUT2D eigenvalue weighted by molar-refractivity contribution is -0.143. The molecule has 1 saturated carbocycles. The highest BCUT2D eigenvalue weighted by atomic mass is 32.1. The molecule has 0 radical (unpaired) electrons. The maximum Gasteiger partial charge on any atom is 0.249 e. The first kappa shape index (κ1) is 20.8. The van der Waals surface area contributed by atoms with Gasteiger partial charge in [0.25, 0.3) is 0 Å². The largest absolute Gasteiger partial charge is 0.391 e. The van der Waals surface area contributed by atoms with Gasteiger partial charge in [-0.1, -0.05) is 30.3 Å². The van der Waals surface area contributed by atoms with E-state index in [9.17, 15) is 23.5 Å². The number of amides is 2. The highest BCUT2D eigenvalue weighted by Crippen LogP contribution is 2.38. The topological polar surface area (TPSA) is 95.4 Å². The molecule has 1 aliphatic carbocycles. The van der Waals surface area contributed by atoms with Crippen LogP contribution in [0.5, 0.6) is 0 Å². The summed E-state index contributed by atoms with van der Waals surface area (Å²) in [7, 11) is 0. The Morgan fingerprint density at radius 3 is 2.60 bits per heavy atom. The van der Waals surface area contributed by atoms with Gasteiger partial charge in [0.15, 0.2) is 5.82 Å². The number of carbonyl (C=O) groups excluding carboxylic acids is 2. The zero-order valence-corrected chi connectivity index (χ0v) is 16.9. The third-order valence-electron chi connectivity index (χ3n) is 5.62. The second-order valence-electron chi connectivity index (χ2n) is 7.80. The van der Waals surface area contributed by atoms with Gasteiger partial charge in [-0.05, 0) is 12.8 Å². The number of β-amino-alcohol motifs (C(OH)–C–C–N with tert-alkyl or cyclic N) is 1. The summed E-state index contributed by atoms with van der Waals surface area (Å²) in [6.07, 6.45) is -1.21. The Bertz CT molecular complexity index is 914. The molecule has 2 N–H and O–H groups in total. The van der Waals surface area contributed by atoms with E-state index in [-0.39, 0.29) is 44.6 Å². The molecule has 2 atom stereocenters. The second kappa shape index (κ2) is 8.35. The third-order valence-corrected chi connectivity index (χ3v) is 6.25. The first-order valence-corrected chi connectivity index (χ1v) is 10.7. The number of rotatable bonds is 4. The van der Waals surface area contributed by atoms with Crippen molar-refractivity contribution in [1.82, 2.24) is 14.3 Å². The van der Waals surface area contributed by atoms with E-state index in [1.165, 1.54) is 4.90 Å². The molecule has 2 aromatic rings. The number of aromatic nitrogens is 2. The van der Waals surface area contributed by atoms with Crippen molar-refractivity contribution in [2.24, 2.45) is 5.92 Å². The standard InChI is InChI=1S/C20H22F2N4O3S/c21-20(22)8-6-13(7-9-20)18(29)26-11-14(27)10-15(26)17(28)24-19-23-16(25-30-19)12-4-2-1-3-5-12/h1-5,13-15,27H,6-11H2,(H,23,24,25,28)/t14-,15+/m1/s1. The zero-order chi connectivity index (χ0) is 21.3. The number of anilines is 1. The van der Waals surface area contributed by atoms with Gasteiger partial charge in [-0.3, -0.25) is 14.9 Å². The number of nitrogens with zero attached hydrogens (tertiary/aromatic N) is 3. The van der Waals surface area contributed by atoms with Gasteiger partial charge in [0, 0.05) is 48.8 Å². The van der Waals surface area contributed by atoms with Gasteiger partial charge < -0.3 is 10.0 Å². The van der Waals surface area contributed by atoms with E-state index in [2.05, 4.69) is 14.7 Å². The maximum atomic E-state index is 13.4. The molecule has 4 rings (SSSR count). The molecule has 2 aliphatic rings. The van der Waals surface area contributed by atoms with Crippen LogP contribution in [0, 0.1) is 5.92 Å². The average Bonchev–Trinajstić information content (AvgIpc) is 3.35. The number of aliphatic hydroxyl groups excluding tert-OH is 1. The van der Waals surface area contributed by atoms with Crippen molar-refractivity contribution in [2.45, 2.75) is 50.2 Å². The van der Waals surface area contributed by atoms with Crippen molar-refractivity contribution in [3.05, 3.63) is 30.3 Å². The van der Waals surface area contributed by atoms with Crippen LogP contribution < -0.4 is 5.32 Å². The molecule has 1 saturated heterocycles. The highest BCUT2D eigenvalue weighted by Gasteiger charge is 2.44. The second-order valence-corrected chi connectivity index (χ2v) is 8.56. The molecule has 2 amide bonds. The van der Waals surface area contributed by atoms with Crippen molar-refractivity contribution < 1.29 is 23.5 Å². The summed E-state index contributed by atoms with van der Waals surface area (Å²) in [5.74, 6) is -3.59. The van der Waals surface area contributed by atoms with Crippen molar-refractivity contribution in [3.8, 4) is 11.4 Å². The molecule has 7 nitrogen and oxygen atoms in total. The summed E-state index contributed by atoms with van der Waals surface area (Å²) in [5, 5.41) is 13.0. The van der Waals surface area contributed by atoms with E-state index in [0.717, 1.165) is 17.1 Å². The van der Waals surface area contributed by atoms with E-state index in [1.54, 1.807) is 0 Å². The quantitative estimate of drug-likeness (QED) is 0.769. The molecule has 0 unspecified atom stereocenters. The summed E-state index contributed by atoms with van der Waals surface area (Å²) in [6, 6.07) is 8.45. The molecule has 10 heteroatoms. The maximum absolute atomic E-state index is 13.4. The normalized spacial score (nSPS) is 24.0. The van der Waals surface area contributed by atoms with Crippen LogP contribution >= 0.6 is 11.5 Å². The molecule has 0 bridgehead atoms. The Morgan fingerprint density at radius 2 is 1.90 bits per heavy atom. The predicted molar refractivity (Wildman–Crippen MR) is 107 cm³/mol. The number of carbonyl (C=O) groups is 2. The molecular weight excluding hydrogens is 414 g/mol. The lowest BCUT2D eigenvalue weighted by Crippen LogP contribution is -2.46. The van der Waals surface area contributed by atoms with Gasteiger partial charge in [-0.2, -0.15) is 9.36 Å². The van der Waals surface area contributed by atoms with Gasteiger partial charge in [0.1, 0.15) is 6.04 Å². The monoisotopic (exact) mass is 436 g/mol. The minimum Gasteiger partial charge on any atom is -0.391 e. The molecule has 1 aromatic heterocycles. The van der Waals surface area contributed by atoms with Crippen LogP contribution in [0.1, 0.15) is 32.1 Å².